The molecule has 0 aromatic rings. The van der Waals surface area contributed by atoms with Crippen molar-refractivity contribution in [2.45, 2.75) is 13.3 Å². The van der Waals surface area contributed by atoms with Gasteiger partial charge in [-0.05, 0) is 6.42 Å². The molecule has 0 aromatic heterocycles. The van der Waals surface area contributed by atoms with E-state index < -0.39 is 0 Å². The highest BCUT2D eigenvalue weighted by atomic mass is 16.6. The van der Waals surface area contributed by atoms with Gasteiger partial charge in [-0.25, -0.2) is 5.48 Å². The lowest BCUT2D eigenvalue weighted by Crippen LogP contribution is -2.11. The molecule has 3 heteroatoms. The van der Waals surface area contributed by atoms with Crippen LogP contribution in [-0.2, 0) is 4.84 Å². The molecular weight excluding hydrogens is 88.9 g/mol. The van der Waals surface area contributed by atoms with Crippen LogP contribution in [0.15, 0.2) is 0 Å². The van der Waals surface area contributed by atoms with Crippen molar-refractivity contribution in [3.8, 4) is 0 Å². The van der Waals surface area contributed by atoms with Crippen LogP contribution in [0.3, 0.4) is 0 Å². The zero-order valence-electron chi connectivity index (χ0n) is 4.90. The highest BCUT2D eigenvalue weighted by Crippen LogP contribution is 1.65. The second-order valence-corrected chi connectivity index (χ2v) is 1.10. The lowest BCUT2D eigenvalue weighted by Gasteiger charge is -1.93. The van der Waals surface area contributed by atoms with Gasteiger partial charge in [0.05, 0.1) is 7.11 Å². The lowest BCUT2D eigenvalue weighted by molar-refractivity contribution is 0.0920. The van der Waals surface area contributed by atoms with Gasteiger partial charge in [0.1, 0.15) is 0 Å². The summed E-state index contributed by atoms with van der Waals surface area (Å²) >= 11 is 0. The molecule has 1 N–H and O–H groups in total. The average Bonchev–Trinajstić information content (AvgIpc) is 1.61. The van der Waals surface area contributed by atoms with Crippen molar-refractivity contribution in [2.24, 2.45) is 0 Å². The summed E-state index contributed by atoms with van der Waals surface area (Å²) in [6.07, 6.45) is 1.12. The van der Waals surface area contributed by atoms with Crippen LogP contribution in [-0.4, -0.2) is 22.1 Å². The van der Waals surface area contributed by atoms with Crippen LogP contribution in [0.25, 0.3) is 0 Å². The minimum Gasteiger partial charge on any atom is -0.305 e. The molecule has 0 unspecified atom stereocenters. The maximum Gasteiger partial charge on any atom is 0.0572 e. The second-order valence-electron chi connectivity index (χ2n) is 1.10. The van der Waals surface area contributed by atoms with Crippen molar-refractivity contribution in [3.63, 3.8) is 0 Å². The predicted molar refractivity (Wildman–Crippen MR) is 31.1 cm³/mol. The molecule has 0 aliphatic carbocycles. The topological polar surface area (TPSA) is 21.3 Å². The van der Waals surface area contributed by atoms with Gasteiger partial charge in [-0.3, -0.25) is 0 Å². The van der Waals surface area contributed by atoms with Crippen LogP contribution in [0.1, 0.15) is 13.3 Å². The molecule has 0 aliphatic heterocycles. The quantitative estimate of drug-likeness (QED) is 0.310. The summed E-state index contributed by atoms with van der Waals surface area (Å²) in [4.78, 5) is 4.53. The van der Waals surface area contributed by atoms with Crippen molar-refractivity contribution in [3.05, 3.63) is 0 Å². The third-order valence-electron chi connectivity index (χ3n) is 0.496. The normalized spacial score (nSPS) is 7.71. The minimum absolute atomic E-state index is 0. The molecule has 0 bridgehead atoms. The van der Waals surface area contributed by atoms with Crippen LogP contribution >= 0.6 is 0 Å². The maximum atomic E-state index is 4.53. The zero-order chi connectivity index (χ0) is 4.83. The summed E-state index contributed by atoms with van der Waals surface area (Å²) < 4.78 is 0. The average molecular weight is 99.9 g/mol. The Hall–Kier alpha value is -0.0151. The Balaban J connectivity index is 0. The highest BCUT2D eigenvalue weighted by Gasteiger charge is 1.71. The van der Waals surface area contributed by atoms with Crippen molar-refractivity contribution in [1.29, 1.82) is 0 Å². The Kier molecular flexibility index (Phi) is 13.5. The maximum absolute atomic E-state index is 4.53. The standard InChI is InChI=1S/C4H11NO.B/c1-3-4-5-6-2;/h5H,3-4H2,1-2H3;. The smallest absolute Gasteiger partial charge is 0.0572 e. The van der Waals surface area contributed by atoms with Crippen LogP contribution in [0.2, 0.25) is 0 Å². The van der Waals surface area contributed by atoms with Gasteiger partial charge < -0.3 is 4.84 Å². The number of nitrogens with one attached hydrogen (secondary N) is 1. The van der Waals surface area contributed by atoms with Gasteiger partial charge >= 0.3 is 0 Å². The molecular formula is C4H11BNO. The van der Waals surface area contributed by atoms with Crippen molar-refractivity contribution in [2.75, 3.05) is 13.7 Å². The van der Waals surface area contributed by atoms with Crippen molar-refractivity contribution < 1.29 is 4.84 Å². The molecule has 0 spiro atoms. The Morgan fingerprint density at radius 2 is 2.14 bits per heavy atom. The van der Waals surface area contributed by atoms with Crippen molar-refractivity contribution >= 4 is 8.41 Å². The molecule has 41 valence electrons. The fourth-order valence-electron chi connectivity index (χ4n) is 0.204. The first-order valence-corrected chi connectivity index (χ1v) is 2.17. The third-order valence-corrected chi connectivity index (χ3v) is 0.496. The monoisotopic (exact) mass is 100 g/mol. The largest absolute Gasteiger partial charge is 0.305 e. The number of hydrogen-bond acceptors (Lipinski definition) is 2. The molecule has 0 fully saturated rings. The van der Waals surface area contributed by atoms with Gasteiger partial charge in [-0.2, -0.15) is 0 Å². The van der Waals surface area contributed by atoms with Crippen LogP contribution in [0.5, 0.6) is 0 Å². The SMILES string of the molecule is CCCNOC.[B]. The van der Waals surface area contributed by atoms with Gasteiger partial charge in [0.2, 0.25) is 0 Å². The molecule has 0 saturated heterocycles. The molecule has 0 saturated carbocycles. The molecule has 0 aromatic carbocycles. The summed E-state index contributed by atoms with van der Waals surface area (Å²) in [5, 5.41) is 0. The molecule has 0 rings (SSSR count). The second kappa shape index (κ2) is 9.37. The summed E-state index contributed by atoms with van der Waals surface area (Å²) in [5.74, 6) is 0. The van der Waals surface area contributed by atoms with Gasteiger partial charge in [0, 0.05) is 15.0 Å². The molecule has 0 heterocycles. The molecule has 0 atom stereocenters. The Bertz CT molecular complexity index is 23.7. The van der Waals surface area contributed by atoms with E-state index in [1.807, 2.05) is 0 Å². The van der Waals surface area contributed by atoms with E-state index in [1.54, 1.807) is 7.11 Å². The van der Waals surface area contributed by atoms with Crippen LogP contribution < -0.4 is 5.48 Å². The molecule has 0 amide bonds. The zero-order valence-corrected chi connectivity index (χ0v) is 4.90. The van der Waals surface area contributed by atoms with Crippen molar-refractivity contribution in [1.82, 2.24) is 5.48 Å². The third kappa shape index (κ3) is 10.7. The summed E-state index contributed by atoms with van der Waals surface area (Å²) in [7, 11) is 1.62. The summed E-state index contributed by atoms with van der Waals surface area (Å²) in [6, 6.07) is 0. The first kappa shape index (κ1) is 10.1. The van der Waals surface area contributed by atoms with E-state index >= 15 is 0 Å². The van der Waals surface area contributed by atoms with E-state index in [4.69, 9.17) is 0 Å². The summed E-state index contributed by atoms with van der Waals surface area (Å²) in [6.45, 7) is 3.03. The molecule has 7 heavy (non-hydrogen) atoms. The fourth-order valence-corrected chi connectivity index (χ4v) is 0.204. The minimum atomic E-state index is 0. The molecule has 0 aliphatic rings. The van der Waals surface area contributed by atoms with E-state index in [1.165, 1.54) is 0 Å². The molecule has 2 nitrogen and oxygen atoms in total. The lowest BCUT2D eigenvalue weighted by atomic mass is 10.5. The number of hydroxylamine groups is 1. The van der Waals surface area contributed by atoms with Crippen LogP contribution in [0, 0.1) is 0 Å². The predicted octanol–water partition coefficient (Wildman–Crippen LogP) is 0.167. The first-order valence-electron chi connectivity index (χ1n) is 2.17. The highest BCUT2D eigenvalue weighted by molar-refractivity contribution is 5.75. The first-order chi connectivity index (χ1) is 2.91. The van der Waals surface area contributed by atoms with Gasteiger partial charge in [-0.1, -0.05) is 6.92 Å². The fraction of sp³-hybridized carbons (Fsp3) is 1.00. The van der Waals surface area contributed by atoms with E-state index in [0.717, 1.165) is 13.0 Å². The Labute approximate surface area is 46.8 Å². The van der Waals surface area contributed by atoms with Crippen LogP contribution in [0.4, 0.5) is 0 Å². The molecule has 3 radical (unpaired) electrons. The summed E-state index contributed by atoms with van der Waals surface area (Å²) in [5.41, 5.74) is 2.70. The number of rotatable bonds is 3. The van der Waals surface area contributed by atoms with E-state index in [0.29, 0.717) is 0 Å². The Morgan fingerprint density at radius 3 is 2.29 bits per heavy atom. The van der Waals surface area contributed by atoms with Gasteiger partial charge in [0.25, 0.3) is 0 Å². The van der Waals surface area contributed by atoms with E-state index in [2.05, 4.69) is 17.2 Å². The van der Waals surface area contributed by atoms with Gasteiger partial charge in [-0.15, -0.1) is 0 Å². The Morgan fingerprint density at radius 1 is 1.57 bits per heavy atom. The van der Waals surface area contributed by atoms with E-state index in [9.17, 15) is 0 Å². The van der Waals surface area contributed by atoms with E-state index in [-0.39, 0.29) is 8.41 Å². The van der Waals surface area contributed by atoms with Gasteiger partial charge in [0.15, 0.2) is 0 Å². The number of hydrogen-bond donors (Lipinski definition) is 1.